The maximum absolute atomic E-state index is 13.3. The van der Waals surface area contributed by atoms with Gasteiger partial charge >= 0.3 is 0 Å². The van der Waals surface area contributed by atoms with E-state index in [1.165, 1.54) is 18.9 Å². The van der Waals surface area contributed by atoms with Gasteiger partial charge in [-0.2, -0.15) is 0 Å². The number of nitrogens with zero attached hydrogens (tertiary/aromatic N) is 2. The molecule has 1 heterocycles. The van der Waals surface area contributed by atoms with E-state index in [1.54, 1.807) is 29.2 Å². The molecule has 0 unspecified atom stereocenters. The molecular weight excluding hydrogens is 440 g/mol. The predicted molar refractivity (Wildman–Crippen MR) is 127 cm³/mol. The summed E-state index contributed by atoms with van der Waals surface area (Å²) < 4.78 is 10.5. The summed E-state index contributed by atoms with van der Waals surface area (Å²) in [6.07, 6.45) is 1.74. The van der Waals surface area contributed by atoms with Crippen LogP contribution in [-0.4, -0.2) is 30.8 Å². The number of carbonyl (C=O) groups excluding carboxylic acids is 2. The Bertz CT molecular complexity index is 1230. The molecule has 0 saturated carbocycles. The lowest BCUT2D eigenvalue weighted by Crippen LogP contribution is -2.29. The first-order valence-electron chi connectivity index (χ1n) is 9.98. The van der Waals surface area contributed by atoms with Gasteiger partial charge in [0, 0.05) is 0 Å². The molecule has 0 bridgehead atoms. The van der Waals surface area contributed by atoms with Gasteiger partial charge in [-0.05, 0) is 59.8 Å². The Labute approximate surface area is 195 Å². The number of carboxylic acid groups (broad SMARTS) is 1. The number of aliphatic carboxylic acids is 1. The van der Waals surface area contributed by atoms with Crippen LogP contribution in [0.3, 0.4) is 0 Å². The molecule has 0 aliphatic carbocycles. The summed E-state index contributed by atoms with van der Waals surface area (Å²) in [5.41, 5.74) is 2.15. The summed E-state index contributed by atoms with van der Waals surface area (Å²) in [5.74, 6) is -0.912. The fraction of sp³-hybridized carbons (Fsp3) is 0.0800. The molecule has 0 spiro atoms. The molecule has 4 rings (SSSR count). The number of amidine groups is 1. The summed E-state index contributed by atoms with van der Waals surface area (Å²) >= 11 is 1.27. The molecule has 166 valence electrons. The SMILES string of the molecule is COc1cc(/C=C2/SC(=Nc3ccccc3)N(c3ccccc3)C2=O)ccc1OCC(=O)[O-]. The number of aliphatic imine (C=N–C) groups is 1. The minimum atomic E-state index is -1.33. The number of hydrogen-bond donors (Lipinski definition) is 0. The average molecular weight is 460 g/mol. The van der Waals surface area contributed by atoms with Crippen LogP contribution in [0.25, 0.3) is 6.08 Å². The highest BCUT2D eigenvalue weighted by atomic mass is 32.2. The van der Waals surface area contributed by atoms with Gasteiger partial charge in [-0.3, -0.25) is 9.69 Å². The Kier molecular flexibility index (Phi) is 6.75. The summed E-state index contributed by atoms with van der Waals surface area (Å²) in [4.78, 5) is 30.8. The van der Waals surface area contributed by atoms with Crippen molar-refractivity contribution in [2.75, 3.05) is 18.6 Å². The number of rotatable bonds is 7. The number of thioether (sulfide) groups is 1. The van der Waals surface area contributed by atoms with Crippen LogP contribution in [0, 0.1) is 0 Å². The molecule has 0 aromatic heterocycles. The number of hydrogen-bond acceptors (Lipinski definition) is 7. The summed E-state index contributed by atoms with van der Waals surface area (Å²) in [6, 6.07) is 23.7. The lowest BCUT2D eigenvalue weighted by atomic mass is 10.2. The smallest absolute Gasteiger partial charge is 0.271 e. The van der Waals surface area contributed by atoms with Crippen molar-refractivity contribution in [2.24, 2.45) is 4.99 Å². The van der Waals surface area contributed by atoms with Crippen LogP contribution in [-0.2, 0) is 9.59 Å². The van der Waals surface area contributed by atoms with E-state index in [0.29, 0.717) is 21.4 Å². The number of carboxylic acids is 1. The molecule has 7 nitrogen and oxygen atoms in total. The fourth-order valence-electron chi connectivity index (χ4n) is 3.15. The molecule has 1 aliphatic heterocycles. The molecule has 1 fully saturated rings. The quantitative estimate of drug-likeness (QED) is 0.501. The molecule has 8 heteroatoms. The van der Waals surface area contributed by atoms with Crippen molar-refractivity contribution < 1.29 is 24.2 Å². The van der Waals surface area contributed by atoms with Crippen LogP contribution in [0.4, 0.5) is 11.4 Å². The van der Waals surface area contributed by atoms with Crippen LogP contribution >= 0.6 is 11.8 Å². The Morgan fingerprint density at radius 3 is 2.39 bits per heavy atom. The van der Waals surface area contributed by atoms with Crippen LogP contribution in [0.1, 0.15) is 5.56 Å². The number of benzene rings is 3. The third-order valence-corrected chi connectivity index (χ3v) is 5.60. The Morgan fingerprint density at radius 2 is 1.73 bits per heavy atom. The van der Waals surface area contributed by atoms with Gasteiger partial charge in [0.25, 0.3) is 5.91 Å². The normalized spacial score (nSPS) is 15.8. The van der Waals surface area contributed by atoms with E-state index in [1.807, 2.05) is 60.7 Å². The van der Waals surface area contributed by atoms with Crippen molar-refractivity contribution in [3.05, 3.63) is 89.3 Å². The Hall–Kier alpha value is -4.04. The van der Waals surface area contributed by atoms with Crippen molar-refractivity contribution in [3.63, 3.8) is 0 Å². The number of carbonyl (C=O) groups is 2. The lowest BCUT2D eigenvalue weighted by molar-refractivity contribution is -0.307. The van der Waals surface area contributed by atoms with Crippen molar-refractivity contribution >= 4 is 46.3 Å². The Balaban J connectivity index is 1.69. The second kappa shape index (κ2) is 10.1. The lowest BCUT2D eigenvalue weighted by Gasteiger charge is -2.15. The predicted octanol–water partition coefficient (Wildman–Crippen LogP) is 3.63. The van der Waals surface area contributed by atoms with Crippen LogP contribution in [0.15, 0.2) is 88.8 Å². The van der Waals surface area contributed by atoms with Gasteiger partial charge < -0.3 is 19.4 Å². The molecule has 3 aromatic rings. The summed E-state index contributed by atoms with van der Waals surface area (Å²) in [7, 11) is 1.45. The van der Waals surface area contributed by atoms with E-state index in [4.69, 9.17) is 9.47 Å². The zero-order valence-corrected chi connectivity index (χ0v) is 18.5. The topological polar surface area (TPSA) is 91.3 Å². The molecule has 0 atom stereocenters. The van der Waals surface area contributed by atoms with Crippen molar-refractivity contribution in [3.8, 4) is 11.5 Å². The first-order chi connectivity index (χ1) is 16.0. The van der Waals surface area contributed by atoms with E-state index in [2.05, 4.69) is 4.99 Å². The highest BCUT2D eigenvalue weighted by Crippen LogP contribution is 2.38. The second-order valence-electron chi connectivity index (χ2n) is 6.89. The first kappa shape index (κ1) is 22.2. The van der Waals surface area contributed by atoms with Gasteiger partial charge in [-0.1, -0.05) is 42.5 Å². The monoisotopic (exact) mass is 459 g/mol. The average Bonchev–Trinajstić information content (AvgIpc) is 3.13. The minimum Gasteiger partial charge on any atom is -0.546 e. The number of methoxy groups -OCH3 is 1. The van der Waals surface area contributed by atoms with Crippen molar-refractivity contribution in [1.29, 1.82) is 0 Å². The maximum atomic E-state index is 13.3. The molecular formula is C25H19N2O5S-. The molecule has 33 heavy (non-hydrogen) atoms. The molecule has 1 saturated heterocycles. The van der Waals surface area contributed by atoms with E-state index in [-0.39, 0.29) is 11.7 Å². The van der Waals surface area contributed by atoms with Crippen molar-refractivity contribution in [1.82, 2.24) is 0 Å². The fourth-order valence-corrected chi connectivity index (χ4v) is 4.15. The van der Waals surface area contributed by atoms with Gasteiger partial charge in [-0.25, -0.2) is 4.99 Å². The van der Waals surface area contributed by atoms with Gasteiger partial charge in [-0.15, -0.1) is 0 Å². The first-order valence-corrected chi connectivity index (χ1v) is 10.8. The zero-order valence-electron chi connectivity index (χ0n) is 17.6. The third kappa shape index (κ3) is 5.24. The van der Waals surface area contributed by atoms with E-state index in [9.17, 15) is 14.7 Å². The number of amides is 1. The third-order valence-electron chi connectivity index (χ3n) is 4.63. The van der Waals surface area contributed by atoms with Crippen LogP contribution in [0.5, 0.6) is 11.5 Å². The van der Waals surface area contributed by atoms with E-state index < -0.39 is 12.6 Å². The molecule has 0 N–H and O–H groups in total. The van der Waals surface area contributed by atoms with Crippen LogP contribution in [0.2, 0.25) is 0 Å². The number of para-hydroxylation sites is 2. The van der Waals surface area contributed by atoms with Gasteiger partial charge in [0.2, 0.25) is 0 Å². The standard InChI is InChI=1S/C25H20N2O5S/c1-31-21-14-17(12-13-20(21)32-16-23(28)29)15-22-24(30)27(19-10-6-3-7-11-19)25(33-22)26-18-8-4-2-5-9-18/h2-15H,16H2,1H3,(H,28,29)/p-1/b22-15+,26-25?. The number of ether oxygens (including phenoxy) is 2. The van der Waals surface area contributed by atoms with Gasteiger partial charge in [0.1, 0.15) is 6.61 Å². The minimum absolute atomic E-state index is 0.197. The maximum Gasteiger partial charge on any atom is 0.271 e. The molecule has 0 radical (unpaired) electrons. The van der Waals surface area contributed by atoms with E-state index in [0.717, 1.165) is 11.4 Å². The van der Waals surface area contributed by atoms with Crippen LogP contribution < -0.4 is 19.5 Å². The van der Waals surface area contributed by atoms with Gasteiger partial charge in [0.15, 0.2) is 16.7 Å². The van der Waals surface area contributed by atoms with E-state index >= 15 is 0 Å². The number of anilines is 1. The van der Waals surface area contributed by atoms with Gasteiger partial charge in [0.05, 0.1) is 29.4 Å². The molecule has 3 aromatic carbocycles. The zero-order chi connectivity index (χ0) is 23.2. The molecule has 1 aliphatic rings. The largest absolute Gasteiger partial charge is 0.546 e. The summed E-state index contributed by atoms with van der Waals surface area (Å²) in [5, 5.41) is 11.2. The Morgan fingerprint density at radius 1 is 1.03 bits per heavy atom. The summed E-state index contributed by atoms with van der Waals surface area (Å²) in [6.45, 7) is -0.587. The molecule has 1 amide bonds. The highest BCUT2D eigenvalue weighted by Gasteiger charge is 2.34. The second-order valence-corrected chi connectivity index (χ2v) is 7.90. The highest BCUT2D eigenvalue weighted by molar-refractivity contribution is 8.19. The van der Waals surface area contributed by atoms with Crippen molar-refractivity contribution in [2.45, 2.75) is 0 Å².